The van der Waals surface area contributed by atoms with Crippen molar-refractivity contribution in [2.24, 2.45) is 0 Å². The van der Waals surface area contributed by atoms with E-state index in [-0.39, 0.29) is 19.5 Å². The molecule has 0 spiro atoms. The molecule has 0 N–H and O–H groups in total. The smallest absolute Gasteiger partial charge is 0.545 e. The topological polar surface area (TPSA) is 17.1 Å². The molecule has 1 nitrogen and oxygen atoms in total. The molecule has 1 radical (unpaired) electrons. The van der Waals surface area contributed by atoms with E-state index in [0.717, 1.165) is 12.8 Å². The maximum atomic E-state index is 7.75. The van der Waals surface area contributed by atoms with Crippen LogP contribution in [0.15, 0.2) is 36.5 Å². The molecule has 0 unspecified atom stereocenters. The summed E-state index contributed by atoms with van der Waals surface area (Å²) < 4.78 is 0. The maximum Gasteiger partial charge on any atom is 3.00 e. The van der Waals surface area contributed by atoms with Crippen LogP contribution in [0.5, 0.6) is 0 Å². The van der Waals surface area contributed by atoms with Crippen LogP contribution in [0, 0.1) is 13.2 Å². The molecule has 0 bridgehead atoms. The summed E-state index contributed by atoms with van der Waals surface area (Å²) in [5.74, 6) is 0. The molecule has 0 fully saturated rings. The van der Waals surface area contributed by atoms with Gasteiger partial charge in [-0.3, -0.25) is 19.9 Å². The third-order valence-corrected chi connectivity index (χ3v) is 0.966. The molecule has 0 heterocycles. The molecule has 15 heavy (non-hydrogen) atoms. The van der Waals surface area contributed by atoms with Crippen LogP contribution in [0.2, 0.25) is 0 Å². The molecule has 0 aromatic rings. The second kappa shape index (κ2) is 37.8. The first-order valence-electron chi connectivity index (χ1n) is 4.47. The van der Waals surface area contributed by atoms with Gasteiger partial charge in [-0.1, -0.05) is 26.7 Å². The fourth-order valence-corrected chi connectivity index (χ4v) is 0.429. The molecule has 0 aliphatic rings. The minimum atomic E-state index is 0. The minimum Gasteiger partial charge on any atom is -0.545 e. The van der Waals surface area contributed by atoms with Crippen molar-refractivity contribution >= 4 is 6.79 Å². The van der Waals surface area contributed by atoms with Crippen LogP contribution in [0.1, 0.15) is 26.7 Å². The fraction of sp³-hybridized carbons (Fsp3) is 0.308. The summed E-state index contributed by atoms with van der Waals surface area (Å²) in [4.78, 5) is 7.75. The van der Waals surface area contributed by atoms with Crippen LogP contribution >= 0.6 is 0 Å². The van der Waals surface area contributed by atoms with Gasteiger partial charge in [0.1, 0.15) is 0 Å². The molecule has 0 aliphatic carbocycles. The molecule has 2 heteroatoms. The first kappa shape index (κ1) is 23.8. The Morgan fingerprint density at radius 2 is 1.13 bits per heavy atom. The van der Waals surface area contributed by atoms with Crippen molar-refractivity contribution in [3.05, 3.63) is 49.6 Å². The van der Waals surface area contributed by atoms with Gasteiger partial charge >= 0.3 is 19.5 Å². The Morgan fingerprint density at radius 1 is 0.867 bits per heavy atom. The van der Waals surface area contributed by atoms with E-state index < -0.39 is 0 Å². The Kier molecular flexibility index (Phi) is 60.0. The second-order valence-corrected chi connectivity index (χ2v) is 2.06. The van der Waals surface area contributed by atoms with Crippen molar-refractivity contribution in [2.75, 3.05) is 0 Å². The summed E-state index contributed by atoms with van der Waals surface area (Å²) >= 11 is 0. The van der Waals surface area contributed by atoms with Crippen LogP contribution < -0.4 is 0 Å². The van der Waals surface area contributed by atoms with E-state index in [1.54, 1.807) is 0 Å². The first-order valence-corrected chi connectivity index (χ1v) is 4.47. The van der Waals surface area contributed by atoms with E-state index in [0.29, 0.717) is 0 Å². The molecule has 85 valence electrons. The van der Waals surface area contributed by atoms with Crippen molar-refractivity contribution in [1.82, 2.24) is 0 Å². The molecule has 0 saturated carbocycles. The van der Waals surface area contributed by atoms with Gasteiger partial charge in [0.2, 0.25) is 0 Å². The average molecular weight is 292 g/mol. The van der Waals surface area contributed by atoms with Crippen LogP contribution in [0.3, 0.4) is 0 Å². The first-order chi connectivity index (χ1) is 6.83. The predicted octanol–water partition coefficient (Wildman–Crippen LogP) is 3.61. The largest absolute Gasteiger partial charge is 3.00 e. The van der Waals surface area contributed by atoms with E-state index in [4.69, 9.17) is 18.0 Å². The molecule has 0 amide bonds. The van der Waals surface area contributed by atoms with Gasteiger partial charge < -0.3 is 4.79 Å². The zero-order valence-electron chi connectivity index (χ0n) is 9.37. The molecule has 0 atom stereocenters. The Morgan fingerprint density at radius 3 is 1.20 bits per heavy atom. The van der Waals surface area contributed by atoms with Crippen molar-refractivity contribution < 1.29 is 24.3 Å². The molecule has 0 aliphatic heterocycles. The van der Waals surface area contributed by atoms with Gasteiger partial charge in [0, 0.05) is 0 Å². The maximum absolute atomic E-state index is 7.75. The van der Waals surface area contributed by atoms with Crippen molar-refractivity contribution in [2.45, 2.75) is 26.7 Å². The average Bonchev–Trinajstić information content (AvgIpc) is 2.27. The van der Waals surface area contributed by atoms with Gasteiger partial charge in [0.15, 0.2) is 0 Å². The monoisotopic (exact) mass is 293 g/mol. The quantitative estimate of drug-likeness (QED) is 0.335. The van der Waals surface area contributed by atoms with Crippen molar-refractivity contribution in [3.8, 4) is 0 Å². The SMILES string of the molecule is [CH-]=CC=CCC.[CH-]=CC=CCC.[CH-]=O.[Ru+3]. The number of allylic oxidation sites excluding steroid dienone is 6. The number of rotatable bonds is 4. The summed E-state index contributed by atoms with van der Waals surface area (Å²) in [6.45, 7) is 17.4. The van der Waals surface area contributed by atoms with Crippen LogP contribution in [-0.2, 0) is 24.3 Å². The molecule has 0 aromatic carbocycles. The van der Waals surface area contributed by atoms with Gasteiger partial charge in [0.05, 0.1) is 0 Å². The van der Waals surface area contributed by atoms with Crippen molar-refractivity contribution in [3.63, 3.8) is 0 Å². The van der Waals surface area contributed by atoms with Gasteiger partial charge in [-0.05, 0) is 0 Å². The summed E-state index contributed by atoms with van der Waals surface area (Å²) in [6.07, 6.45) is 12.9. The second-order valence-electron chi connectivity index (χ2n) is 2.06. The minimum absolute atomic E-state index is 0. The van der Waals surface area contributed by atoms with Gasteiger partial charge in [-0.25, -0.2) is 24.3 Å². The summed E-state index contributed by atoms with van der Waals surface area (Å²) in [6, 6.07) is 0. The van der Waals surface area contributed by atoms with Crippen LogP contribution in [0.4, 0.5) is 0 Å². The van der Waals surface area contributed by atoms with Gasteiger partial charge in [-0.15, -0.1) is 0 Å². The van der Waals surface area contributed by atoms with E-state index in [2.05, 4.69) is 20.6 Å². The Labute approximate surface area is 107 Å². The van der Waals surface area contributed by atoms with E-state index in [1.807, 2.05) is 24.3 Å². The number of hydrogen-bond donors (Lipinski definition) is 0. The Bertz CT molecular complexity index is 142. The molecule has 0 rings (SSSR count). The molecular weight excluding hydrogens is 273 g/mol. The van der Waals surface area contributed by atoms with Gasteiger partial charge in [0.25, 0.3) is 0 Å². The third kappa shape index (κ3) is 60.8. The van der Waals surface area contributed by atoms with Crippen molar-refractivity contribution in [1.29, 1.82) is 0 Å². The molecule has 0 aromatic heterocycles. The summed E-state index contributed by atoms with van der Waals surface area (Å²) in [7, 11) is 0. The summed E-state index contributed by atoms with van der Waals surface area (Å²) in [5.41, 5.74) is 0. The zero-order valence-corrected chi connectivity index (χ0v) is 11.1. The zero-order chi connectivity index (χ0) is 11.7. The summed E-state index contributed by atoms with van der Waals surface area (Å²) in [5, 5.41) is 0. The third-order valence-electron chi connectivity index (χ3n) is 0.966. The Hall–Kier alpha value is -0.747. The number of hydrogen-bond acceptors (Lipinski definition) is 1. The normalized spacial score (nSPS) is 7.87. The number of carbonyl (C=O) groups excluding carboxylic acids is 1. The molecule has 0 saturated heterocycles. The predicted molar refractivity (Wildman–Crippen MR) is 63.4 cm³/mol. The Balaban J connectivity index is -0.0000000653. The molecular formula is C13H19ORu. The van der Waals surface area contributed by atoms with E-state index in [9.17, 15) is 0 Å². The van der Waals surface area contributed by atoms with E-state index >= 15 is 0 Å². The van der Waals surface area contributed by atoms with E-state index in [1.165, 1.54) is 12.2 Å². The standard InChI is InChI=1S/2C6H9.CHO.Ru/c2*1-3-5-6-4-2;1-2;/h2*1,3,5-6H,4H2,2H3;1H;/q3*-1;+3. The van der Waals surface area contributed by atoms with Gasteiger partial charge in [-0.2, -0.15) is 12.2 Å². The fourth-order valence-electron chi connectivity index (χ4n) is 0.429. The van der Waals surface area contributed by atoms with Crippen LogP contribution in [0.25, 0.3) is 0 Å². The van der Waals surface area contributed by atoms with Crippen LogP contribution in [-0.4, -0.2) is 6.79 Å².